The molecule has 0 saturated carbocycles. The van der Waals surface area contributed by atoms with Gasteiger partial charge >= 0.3 is 6.03 Å². The molecule has 0 unspecified atom stereocenters. The van der Waals surface area contributed by atoms with Crippen molar-refractivity contribution in [3.05, 3.63) is 22.1 Å². The molecule has 1 N–H and O–H groups in total. The number of aryl methyl sites for hydroxylation is 1. The third-order valence-electron chi connectivity index (χ3n) is 1.49. The fourth-order valence-corrected chi connectivity index (χ4v) is 0.884. The van der Waals surface area contributed by atoms with Gasteiger partial charge in [0, 0.05) is 25.9 Å². The highest BCUT2D eigenvalue weighted by Crippen LogP contribution is 1.93. The molecule has 1 rings (SSSR count). The Morgan fingerprint density at radius 1 is 1.58 bits per heavy atom. The van der Waals surface area contributed by atoms with E-state index >= 15 is 0 Å². The quantitative estimate of drug-likeness (QED) is 0.595. The van der Waals surface area contributed by atoms with Crippen LogP contribution in [0.4, 0.5) is 4.79 Å². The second-order valence-electron chi connectivity index (χ2n) is 2.77. The van der Waals surface area contributed by atoms with Crippen molar-refractivity contribution in [2.75, 3.05) is 14.1 Å². The van der Waals surface area contributed by atoms with Gasteiger partial charge in [0.25, 0.3) is 5.56 Å². The zero-order chi connectivity index (χ0) is 9.30. The van der Waals surface area contributed by atoms with Gasteiger partial charge in [0.05, 0.1) is 0 Å². The molecule has 1 heterocycles. The van der Waals surface area contributed by atoms with Crippen LogP contribution in [0, 0.1) is 6.92 Å². The van der Waals surface area contributed by atoms with Crippen LogP contribution in [-0.2, 0) is 0 Å². The highest BCUT2D eigenvalue weighted by molar-refractivity contribution is 5.75. The lowest BCUT2D eigenvalue weighted by molar-refractivity contribution is 0.215. The second kappa shape index (κ2) is 2.84. The van der Waals surface area contributed by atoms with E-state index in [4.69, 9.17) is 0 Å². The predicted octanol–water partition coefficient (Wildman–Crippen LogP) is 0.0145. The number of carbonyl (C=O) groups excluding carboxylic acids is 1. The summed E-state index contributed by atoms with van der Waals surface area (Å²) < 4.78 is 1.21. The van der Waals surface area contributed by atoms with Gasteiger partial charge in [-0.2, -0.15) is 0 Å². The van der Waals surface area contributed by atoms with Crippen LogP contribution in [0.1, 0.15) is 5.69 Å². The van der Waals surface area contributed by atoms with Crippen LogP contribution < -0.4 is 5.56 Å². The van der Waals surface area contributed by atoms with Crippen molar-refractivity contribution in [2.24, 2.45) is 0 Å². The predicted molar refractivity (Wildman–Crippen MR) is 44.3 cm³/mol. The number of amides is 1. The van der Waals surface area contributed by atoms with E-state index in [0.29, 0.717) is 5.69 Å². The molecule has 0 aromatic carbocycles. The van der Waals surface area contributed by atoms with Crippen molar-refractivity contribution in [1.82, 2.24) is 14.7 Å². The molecule has 1 amide bonds. The van der Waals surface area contributed by atoms with E-state index < -0.39 is 0 Å². The fourth-order valence-electron chi connectivity index (χ4n) is 0.884. The summed E-state index contributed by atoms with van der Waals surface area (Å²) in [6.07, 6.45) is 0. The average molecular weight is 169 g/mol. The Morgan fingerprint density at radius 3 is 2.50 bits per heavy atom. The Balaban J connectivity index is 3.11. The molecule has 5 nitrogen and oxygen atoms in total. The molecule has 12 heavy (non-hydrogen) atoms. The number of hydrogen-bond donors (Lipinski definition) is 1. The van der Waals surface area contributed by atoms with Gasteiger partial charge in [-0.05, 0) is 6.92 Å². The Labute approximate surface area is 69.6 Å². The summed E-state index contributed by atoms with van der Waals surface area (Å²) in [6, 6.07) is 1.12. The lowest BCUT2D eigenvalue weighted by Gasteiger charge is -2.10. The van der Waals surface area contributed by atoms with Gasteiger partial charge in [-0.25, -0.2) is 9.48 Å². The van der Waals surface area contributed by atoms with Crippen LogP contribution >= 0.6 is 0 Å². The molecule has 0 fully saturated rings. The minimum Gasteiger partial charge on any atom is -0.329 e. The van der Waals surface area contributed by atoms with E-state index in [1.807, 2.05) is 0 Å². The summed E-state index contributed by atoms with van der Waals surface area (Å²) in [4.78, 5) is 23.5. The molecule has 1 aromatic rings. The standard InChI is InChI=1S/C7H11N3O2/c1-5-4-6(11)8-10(5)7(12)9(2)3/h4H,1-3H3,(H,8,11). The van der Waals surface area contributed by atoms with Gasteiger partial charge in [0.1, 0.15) is 0 Å². The first-order valence-corrected chi connectivity index (χ1v) is 3.52. The lowest BCUT2D eigenvalue weighted by atomic mass is 10.5. The molecular formula is C7H11N3O2. The van der Waals surface area contributed by atoms with Crippen molar-refractivity contribution in [2.45, 2.75) is 6.92 Å². The number of aromatic nitrogens is 2. The summed E-state index contributed by atoms with van der Waals surface area (Å²) in [6.45, 7) is 1.69. The minimum atomic E-state index is -0.261. The van der Waals surface area contributed by atoms with Gasteiger partial charge in [-0.15, -0.1) is 0 Å². The van der Waals surface area contributed by atoms with Gasteiger partial charge in [-0.1, -0.05) is 0 Å². The largest absolute Gasteiger partial charge is 0.342 e. The van der Waals surface area contributed by atoms with Crippen LogP contribution in [0.2, 0.25) is 0 Å². The molecule has 0 atom stereocenters. The highest BCUT2D eigenvalue weighted by Gasteiger charge is 2.09. The normalized spacial score (nSPS) is 9.92. The van der Waals surface area contributed by atoms with E-state index in [-0.39, 0.29) is 11.6 Å². The molecule has 0 aliphatic heterocycles. The number of hydrogen-bond acceptors (Lipinski definition) is 2. The van der Waals surface area contributed by atoms with E-state index in [1.54, 1.807) is 21.0 Å². The van der Waals surface area contributed by atoms with E-state index in [0.717, 1.165) is 0 Å². The summed E-state index contributed by atoms with van der Waals surface area (Å²) in [5.74, 6) is 0. The fraction of sp³-hybridized carbons (Fsp3) is 0.429. The van der Waals surface area contributed by atoms with Gasteiger partial charge < -0.3 is 4.90 Å². The van der Waals surface area contributed by atoms with E-state index in [9.17, 15) is 9.59 Å². The van der Waals surface area contributed by atoms with Crippen LogP contribution in [0.15, 0.2) is 10.9 Å². The van der Waals surface area contributed by atoms with Gasteiger partial charge in [0.2, 0.25) is 0 Å². The lowest BCUT2D eigenvalue weighted by Crippen LogP contribution is -2.29. The number of rotatable bonds is 0. The smallest absolute Gasteiger partial charge is 0.329 e. The number of nitrogens with one attached hydrogen (secondary N) is 1. The maximum absolute atomic E-state index is 11.3. The molecule has 0 radical (unpaired) electrons. The summed E-state index contributed by atoms with van der Waals surface area (Å²) in [7, 11) is 3.25. The third kappa shape index (κ3) is 1.39. The topological polar surface area (TPSA) is 58.1 Å². The molecule has 0 aliphatic carbocycles. The number of aromatic amines is 1. The average Bonchev–Trinajstić information content (AvgIpc) is 2.28. The Bertz CT molecular complexity index is 348. The van der Waals surface area contributed by atoms with Crippen molar-refractivity contribution >= 4 is 6.03 Å². The van der Waals surface area contributed by atoms with Crippen molar-refractivity contribution in [1.29, 1.82) is 0 Å². The monoisotopic (exact) mass is 169 g/mol. The van der Waals surface area contributed by atoms with Gasteiger partial charge in [0.15, 0.2) is 0 Å². The van der Waals surface area contributed by atoms with Crippen LogP contribution in [0.5, 0.6) is 0 Å². The maximum Gasteiger partial charge on any atom is 0.342 e. The first-order valence-electron chi connectivity index (χ1n) is 3.52. The van der Waals surface area contributed by atoms with Crippen molar-refractivity contribution in [3.63, 3.8) is 0 Å². The van der Waals surface area contributed by atoms with E-state index in [2.05, 4.69) is 5.10 Å². The molecule has 0 bridgehead atoms. The summed E-state index contributed by atoms with van der Waals surface area (Å²) in [5, 5.41) is 2.40. The first kappa shape index (κ1) is 8.58. The van der Waals surface area contributed by atoms with Crippen molar-refractivity contribution < 1.29 is 4.79 Å². The van der Waals surface area contributed by atoms with Gasteiger partial charge in [-0.3, -0.25) is 9.89 Å². The van der Waals surface area contributed by atoms with Crippen LogP contribution in [0.3, 0.4) is 0 Å². The SMILES string of the molecule is Cc1cc(=O)[nH]n1C(=O)N(C)C. The zero-order valence-electron chi connectivity index (χ0n) is 7.29. The maximum atomic E-state index is 11.3. The summed E-state index contributed by atoms with van der Waals surface area (Å²) in [5.41, 5.74) is 0.349. The van der Waals surface area contributed by atoms with Crippen molar-refractivity contribution in [3.8, 4) is 0 Å². The number of carbonyl (C=O) groups is 1. The molecule has 0 spiro atoms. The Hall–Kier alpha value is -1.52. The Kier molecular flexibility index (Phi) is 2.03. The van der Waals surface area contributed by atoms with Crippen LogP contribution in [0.25, 0.3) is 0 Å². The zero-order valence-corrected chi connectivity index (χ0v) is 7.29. The molecule has 0 aliphatic rings. The second-order valence-corrected chi connectivity index (χ2v) is 2.77. The molecular weight excluding hydrogens is 158 g/mol. The Morgan fingerprint density at radius 2 is 2.17 bits per heavy atom. The molecule has 1 aromatic heterocycles. The molecule has 0 saturated heterocycles. The number of nitrogens with zero attached hydrogens (tertiary/aromatic N) is 2. The summed E-state index contributed by atoms with van der Waals surface area (Å²) >= 11 is 0. The van der Waals surface area contributed by atoms with Crippen LogP contribution in [-0.4, -0.2) is 34.8 Å². The molecule has 5 heteroatoms. The minimum absolute atomic E-state index is 0.255. The number of H-pyrrole nitrogens is 1. The first-order chi connectivity index (χ1) is 5.52. The molecule has 66 valence electrons. The highest BCUT2D eigenvalue weighted by atomic mass is 16.2. The van der Waals surface area contributed by atoms with E-state index in [1.165, 1.54) is 15.6 Å². The third-order valence-corrected chi connectivity index (χ3v) is 1.49.